The molecule has 0 aromatic heterocycles. The Bertz CT molecular complexity index is 331. The van der Waals surface area contributed by atoms with Gasteiger partial charge in [0.25, 0.3) is 0 Å². The van der Waals surface area contributed by atoms with Gasteiger partial charge < -0.3 is 5.32 Å². The van der Waals surface area contributed by atoms with Crippen molar-refractivity contribution in [1.82, 2.24) is 5.32 Å². The Kier molecular flexibility index (Phi) is 4.88. The Hall–Kier alpha value is -0.470. The molecule has 1 aromatic rings. The molecule has 16 heavy (non-hydrogen) atoms. The first-order valence-corrected chi connectivity index (χ1v) is 6.76. The van der Waals surface area contributed by atoms with Gasteiger partial charge in [0.2, 0.25) is 0 Å². The zero-order valence-electron chi connectivity index (χ0n) is 11.0. The van der Waals surface area contributed by atoms with E-state index in [2.05, 4.69) is 57.3 Å². The fourth-order valence-electron chi connectivity index (χ4n) is 1.92. The number of hydrogen-bond acceptors (Lipinski definition) is 2. The van der Waals surface area contributed by atoms with E-state index in [9.17, 15) is 0 Å². The van der Waals surface area contributed by atoms with Gasteiger partial charge in [-0.15, -0.1) is 11.8 Å². The largest absolute Gasteiger partial charge is 0.319 e. The molecule has 0 fully saturated rings. The summed E-state index contributed by atoms with van der Waals surface area (Å²) in [4.78, 5) is 1.41. The van der Waals surface area contributed by atoms with Gasteiger partial charge in [-0.3, -0.25) is 0 Å². The first kappa shape index (κ1) is 13.6. The highest BCUT2D eigenvalue weighted by Gasteiger charge is 2.22. The van der Waals surface area contributed by atoms with Crippen LogP contribution < -0.4 is 5.32 Å². The first-order chi connectivity index (χ1) is 7.47. The highest BCUT2D eigenvalue weighted by Crippen LogP contribution is 2.34. The van der Waals surface area contributed by atoms with E-state index in [-0.39, 0.29) is 5.41 Å². The van der Waals surface area contributed by atoms with Gasteiger partial charge in [0, 0.05) is 22.1 Å². The summed E-state index contributed by atoms with van der Waals surface area (Å²) in [6.07, 6.45) is 0. The van der Waals surface area contributed by atoms with Crippen LogP contribution in [0.2, 0.25) is 0 Å². The highest BCUT2D eigenvalue weighted by atomic mass is 32.2. The lowest BCUT2D eigenvalue weighted by Crippen LogP contribution is -2.31. The zero-order valence-corrected chi connectivity index (χ0v) is 11.8. The topological polar surface area (TPSA) is 12.0 Å². The van der Waals surface area contributed by atoms with E-state index in [0.717, 1.165) is 6.54 Å². The molecule has 90 valence electrons. The van der Waals surface area contributed by atoms with Crippen LogP contribution in [-0.2, 0) is 5.41 Å². The van der Waals surface area contributed by atoms with Gasteiger partial charge >= 0.3 is 0 Å². The first-order valence-electron chi connectivity index (χ1n) is 5.88. The second kappa shape index (κ2) is 5.74. The van der Waals surface area contributed by atoms with Crippen molar-refractivity contribution in [2.45, 2.75) is 43.3 Å². The van der Waals surface area contributed by atoms with Crippen LogP contribution in [-0.4, -0.2) is 18.8 Å². The lowest BCUT2D eigenvalue weighted by molar-refractivity contribution is 0.486. The molecule has 0 heterocycles. The van der Waals surface area contributed by atoms with Crippen LogP contribution >= 0.6 is 11.8 Å². The summed E-state index contributed by atoms with van der Waals surface area (Å²) < 4.78 is 0. The van der Waals surface area contributed by atoms with E-state index in [1.165, 1.54) is 10.5 Å². The molecule has 1 N–H and O–H groups in total. The summed E-state index contributed by atoms with van der Waals surface area (Å²) in [7, 11) is 2.01. The van der Waals surface area contributed by atoms with Gasteiger partial charge in [0.1, 0.15) is 0 Å². The van der Waals surface area contributed by atoms with E-state index in [1.807, 2.05) is 18.8 Å². The molecular formula is C14H23NS. The lowest BCUT2D eigenvalue weighted by Gasteiger charge is -2.27. The molecule has 1 nitrogen and oxygen atoms in total. The summed E-state index contributed by atoms with van der Waals surface area (Å²) in [6, 6.07) is 8.75. The lowest BCUT2D eigenvalue weighted by atomic mass is 9.84. The maximum absolute atomic E-state index is 3.28. The third-order valence-corrected chi connectivity index (χ3v) is 3.68. The summed E-state index contributed by atoms with van der Waals surface area (Å²) in [6.45, 7) is 10.1. The molecule has 0 saturated heterocycles. The molecular weight excluding hydrogens is 214 g/mol. The normalized spacial score (nSPS) is 12.1. The minimum Gasteiger partial charge on any atom is -0.319 e. The average molecular weight is 237 g/mol. The van der Waals surface area contributed by atoms with E-state index < -0.39 is 0 Å². The quantitative estimate of drug-likeness (QED) is 0.784. The summed E-state index contributed by atoms with van der Waals surface area (Å²) >= 11 is 1.95. The highest BCUT2D eigenvalue weighted by molar-refractivity contribution is 8.00. The van der Waals surface area contributed by atoms with Gasteiger partial charge in [0.05, 0.1) is 0 Å². The Morgan fingerprint density at radius 2 is 1.88 bits per heavy atom. The third kappa shape index (κ3) is 3.53. The second-order valence-electron chi connectivity index (χ2n) is 5.08. The Balaban J connectivity index is 3.02. The van der Waals surface area contributed by atoms with Crippen LogP contribution in [0.15, 0.2) is 29.2 Å². The van der Waals surface area contributed by atoms with E-state index in [1.54, 1.807) is 0 Å². The van der Waals surface area contributed by atoms with Crippen LogP contribution in [0.3, 0.4) is 0 Å². The van der Waals surface area contributed by atoms with Gasteiger partial charge in [0.15, 0.2) is 0 Å². The van der Waals surface area contributed by atoms with Gasteiger partial charge in [-0.05, 0) is 18.7 Å². The molecule has 1 aromatic carbocycles. The van der Waals surface area contributed by atoms with Crippen LogP contribution in [0, 0.1) is 0 Å². The Morgan fingerprint density at radius 1 is 1.25 bits per heavy atom. The third-order valence-electron chi connectivity index (χ3n) is 2.60. The molecule has 1 rings (SSSR count). The summed E-state index contributed by atoms with van der Waals surface area (Å²) in [5, 5.41) is 3.91. The minimum atomic E-state index is 0.188. The van der Waals surface area contributed by atoms with Crippen molar-refractivity contribution in [2.24, 2.45) is 0 Å². The molecule has 0 atom stereocenters. The van der Waals surface area contributed by atoms with E-state index in [4.69, 9.17) is 0 Å². The maximum Gasteiger partial charge on any atom is 0.0113 e. The number of likely N-dealkylation sites (N-methyl/N-ethyl adjacent to an activating group) is 1. The van der Waals surface area contributed by atoms with Crippen LogP contribution in [0.25, 0.3) is 0 Å². The van der Waals surface area contributed by atoms with E-state index in [0.29, 0.717) is 5.25 Å². The molecule has 0 aliphatic rings. The predicted molar refractivity (Wildman–Crippen MR) is 74.4 cm³/mol. The van der Waals surface area contributed by atoms with Gasteiger partial charge in [-0.2, -0.15) is 0 Å². The SMILES string of the molecule is CNCC(C)(C)c1ccccc1SC(C)C. The number of hydrogen-bond donors (Lipinski definition) is 1. The van der Waals surface area contributed by atoms with Crippen molar-refractivity contribution in [3.05, 3.63) is 29.8 Å². The predicted octanol–water partition coefficient (Wildman–Crippen LogP) is 3.68. The number of rotatable bonds is 5. The standard InChI is InChI=1S/C14H23NS/c1-11(2)16-13-9-7-6-8-12(13)14(3,4)10-15-5/h6-9,11,15H,10H2,1-5H3. The smallest absolute Gasteiger partial charge is 0.0113 e. The van der Waals surface area contributed by atoms with Crippen LogP contribution in [0.5, 0.6) is 0 Å². The van der Waals surface area contributed by atoms with Crippen LogP contribution in [0.1, 0.15) is 33.3 Å². The molecule has 0 saturated carbocycles. The molecule has 2 heteroatoms. The van der Waals surface area contributed by atoms with Gasteiger partial charge in [-0.1, -0.05) is 45.9 Å². The number of nitrogens with one attached hydrogen (secondary N) is 1. The number of thioether (sulfide) groups is 1. The van der Waals surface area contributed by atoms with Crippen molar-refractivity contribution in [3.63, 3.8) is 0 Å². The molecule has 0 aliphatic heterocycles. The summed E-state index contributed by atoms with van der Waals surface area (Å²) in [5.74, 6) is 0. The monoisotopic (exact) mass is 237 g/mol. The average Bonchev–Trinajstić information content (AvgIpc) is 2.17. The molecule has 0 amide bonds. The van der Waals surface area contributed by atoms with E-state index >= 15 is 0 Å². The molecule has 0 unspecified atom stereocenters. The fourth-order valence-corrected chi connectivity index (χ4v) is 3.06. The minimum absolute atomic E-state index is 0.188. The van der Waals surface area contributed by atoms with Crippen molar-refractivity contribution in [2.75, 3.05) is 13.6 Å². The molecule has 0 spiro atoms. The Morgan fingerprint density at radius 3 is 2.44 bits per heavy atom. The molecule has 0 bridgehead atoms. The van der Waals surface area contributed by atoms with Crippen LogP contribution in [0.4, 0.5) is 0 Å². The molecule has 0 aliphatic carbocycles. The molecule has 0 radical (unpaired) electrons. The van der Waals surface area contributed by atoms with Crippen molar-refractivity contribution in [3.8, 4) is 0 Å². The Labute approximate surface area is 104 Å². The maximum atomic E-state index is 3.28. The summed E-state index contributed by atoms with van der Waals surface area (Å²) in [5.41, 5.74) is 1.64. The fraction of sp³-hybridized carbons (Fsp3) is 0.571. The van der Waals surface area contributed by atoms with Gasteiger partial charge in [-0.25, -0.2) is 0 Å². The number of benzene rings is 1. The van der Waals surface area contributed by atoms with Crippen molar-refractivity contribution < 1.29 is 0 Å². The second-order valence-corrected chi connectivity index (χ2v) is 6.70. The van der Waals surface area contributed by atoms with Crippen molar-refractivity contribution in [1.29, 1.82) is 0 Å². The van der Waals surface area contributed by atoms with Crippen molar-refractivity contribution >= 4 is 11.8 Å². The zero-order chi connectivity index (χ0) is 12.2.